The lowest BCUT2D eigenvalue weighted by atomic mass is 10.2. The fourth-order valence-corrected chi connectivity index (χ4v) is 1.12. The van der Waals surface area contributed by atoms with Gasteiger partial charge in [-0.1, -0.05) is 6.92 Å². The van der Waals surface area contributed by atoms with Crippen LogP contribution in [0.15, 0.2) is 18.2 Å². The van der Waals surface area contributed by atoms with Crippen molar-refractivity contribution >= 4 is 5.91 Å². The number of carbonyl (C=O) groups excluding carboxylic acids is 1. The Balaban J connectivity index is 2.61. The van der Waals surface area contributed by atoms with Crippen molar-refractivity contribution in [2.75, 3.05) is 6.61 Å². The molecule has 0 aliphatic rings. The molecule has 3 N–H and O–H groups in total. The smallest absolute Gasteiger partial charge is 0.223 e. The second-order valence-electron chi connectivity index (χ2n) is 3.62. The summed E-state index contributed by atoms with van der Waals surface area (Å²) in [5.74, 6) is -0.0446. The zero-order valence-electron chi connectivity index (χ0n) is 8.86. The van der Waals surface area contributed by atoms with Crippen LogP contribution in [0.5, 0.6) is 11.5 Å². The Labute approximate surface area is 88.7 Å². The molecule has 0 radical (unpaired) electrons. The molecule has 1 atom stereocenters. The molecule has 0 aromatic heterocycles. The Kier molecular flexibility index (Phi) is 3.55. The average molecular weight is 209 g/mol. The second-order valence-corrected chi connectivity index (χ2v) is 3.62. The SMILES string of the molecule is Cc1cc(O)cc(OCC(C)C(N)=O)c1. The Morgan fingerprint density at radius 2 is 2.20 bits per heavy atom. The van der Waals surface area contributed by atoms with Gasteiger partial charge < -0.3 is 15.6 Å². The van der Waals surface area contributed by atoms with Gasteiger partial charge >= 0.3 is 0 Å². The highest BCUT2D eigenvalue weighted by Gasteiger charge is 2.09. The maximum absolute atomic E-state index is 10.7. The van der Waals surface area contributed by atoms with E-state index in [-0.39, 0.29) is 18.3 Å². The Hall–Kier alpha value is -1.71. The lowest BCUT2D eigenvalue weighted by molar-refractivity contribution is -0.122. The standard InChI is InChI=1S/C11H15NO3/c1-7-3-9(13)5-10(4-7)15-6-8(2)11(12)14/h3-5,8,13H,6H2,1-2H3,(H2,12,14). The minimum absolute atomic E-state index is 0.150. The molecule has 1 aromatic carbocycles. The minimum Gasteiger partial charge on any atom is -0.508 e. The quantitative estimate of drug-likeness (QED) is 0.782. The largest absolute Gasteiger partial charge is 0.508 e. The molecule has 0 saturated heterocycles. The van der Waals surface area contributed by atoms with E-state index in [0.29, 0.717) is 5.75 Å². The lowest BCUT2D eigenvalue weighted by Crippen LogP contribution is -2.25. The van der Waals surface area contributed by atoms with Crippen LogP contribution in [-0.4, -0.2) is 17.6 Å². The molecule has 4 nitrogen and oxygen atoms in total. The number of hydrogen-bond acceptors (Lipinski definition) is 3. The molecular weight excluding hydrogens is 194 g/mol. The summed E-state index contributed by atoms with van der Waals surface area (Å²) in [7, 11) is 0. The van der Waals surface area contributed by atoms with Crippen molar-refractivity contribution in [2.45, 2.75) is 13.8 Å². The highest BCUT2D eigenvalue weighted by atomic mass is 16.5. The summed E-state index contributed by atoms with van der Waals surface area (Å²) >= 11 is 0. The fraction of sp³-hybridized carbons (Fsp3) is 0.364. The van der Waals surface area contributed by atoms with Crippen molar-refractivity contribution in [3.63, 3.8) is 0 Å². The maximum Gasteiger partial charge on any atom is 0.223 e. The third-order valence-corrected chi connectivity index (χ3v) is 2.02. The number of ether oxygens (including phenoxy) is 1. The first-order valence-corrected chi connectivity index (χ1v) is 4.72. The molecule has 82 valence electrons. The van der Waals surface area contributed by atoms with Crippen LogP contribution in [0.3, 0.4) is 0 Å². The summed E-state index contributed by atoms with van der Waals surface area (Å²) in [5.41, 5.74) is 5.99. The molecule has 15 heavy (non-hydrogen) atoms. The van der Waals surface area contributed by atoms with E-state index in [9.17, 15) is 9.90 Å². The van der Waals surface area contributed by atoms with Gasteiger partial charge in [-0.15, -0.1) is 0 Å². The van der Waals surface area contributed by atoms with Crippen LogP contribution >= 0.6 is 0 Å². The number of aryl methyl sites for hydroxylation is 1. The average Bonchev–Trinajstić information content (AvgIpc) is 2.12. The molecule has 0 aliphatic carbocycles. The number of rotatable bonds is 4. The number of primary amides is 1. The Morgan fingerprint density at radius 3 is 2.73 bits per heavy atom. The molecule has 1 amide bonds. The summed E-state index contributed by atoms with van der Waals surface area (Å²) in [5, 5.41) is 9.30. The van der Waals surface area contributed by atoms with Crippen molar-refractivity contribution < 1.29 is 14.6 Å². The molecule has 0 fully saturated rings. The molecular formula is C11H15NO3. The van der Waals surface area contributed by atoms with Crippen LogP contribution in [0.2, 0.25) is 0 Å². The molecule has 0 saturated carbocycles. The molecule has 0 aliphatic heterocycles. The summed E-state index contributed by atoms with van der Waals surface area (Å²) in [4.78, 5) is 10.7. The van der Waals surface area contributed by atoms with E-state index < -0.39 is 5.91 Å². The van der Waals surface area contributed by atoms with Crippen LogP contribution in [-0.2, 0) is 4.79 Å². The van der Waals surface area contributed by atoms with Crippen molar-refractivity contribution in [3.05, 3.63) is 23.8 Å². The number of carbonyl (C=O) groups is 1. The van der Waals surface area contributed by atoms with E-state index in [0.717, 1.165) is 5.56 Å². The van der Waals surface area contributed by atoms with Crippen molar-refractivity contribution in [2.24, 2.45) is 11.7 Å². The van der Waals surface area contributed by atoms with E-state index in [4.69, 9.17) is 10.5 Å². The molecule has 1 unspecified atom stereocenters. The van der Waals surface area contributed by atoms with Gasteiger partial charge in [0.25, 0.3) is 0 Å². The van der Waals surface area contributed by atoms with Crippen molar-refractivity contribution in [1.82, 2.24) is 0 Å². The third-order valence-electron chi connectivity index (χ3n) is 2.02. The van der Waals surface area contributed by atoms with Gasteiger partial charge in [0.15, 0.2) is 0 Å². The molecule has 1 rings (SSSR count). The number of amides is 1. The predicted molar refractivity (Wildman–Crippen MR) is 56.7 cm³/mol. The Bertz CT molecular complexity index is 343. The molecule has 0 heterocycles. The van der Waals surface area contributed by atoms with Crippen LogP contribution in [0.25, 0.3) is 0 Å². The first kappa shape index (κ1) is 11.4. The number of hydrogen-bond donors (Lipinski definition) is 2. The minimum atomic E-state index is -0.396. The Morgan fingerprint density at radius 1 is 1.53 bits per heavy atom. The van der Waals surface area contributed by atoms with Crippen LogP contribution in [0.4, 0.5) is 0 Å². The van der Waals surface area contributed by atoms with Gasteiger partial charge in [0.05, 0.1) is 12.5 Å². The van der Waals surface area contributed by atoms with Crippen molar-refractivity contribution in [3.8, 4) is 11.5 Å². The summed E-state index contributed by atoms with van der Waals surface area (Å²) in [6.07, 6.45) is 0. The van der Waals surface area contributed by atoms with Gasteiger partial charge in [-0.05, 0) is 24.6 Å². The first-order valence-electron chi connectivity index (χ1n) is 4.72. The van der Waals surface area contributed by atoms with Crippen LogP contribution in [0, 0.1) is 12.8 Å². The maximum atomic E-state index is 10.7. The van der Waals surface area contributed by atoms with Gasteiger partial charge in [-0.3, -0.25) is 4.79 Å². The van der Waals surface area contributed by atoms with Crippen molar-refractivity contribution in [1.29, 1.82) is 0 Å². The van der Waals surface area contributed by atoms with Crippen LogP contribution in [0.1, 0.15) is 12.5 Å². The summed E-state index contributed by atoms with van der Waals surface area (Å²) in [6, 6.07) is 4.92. The number of phenolic OH excluding ortho intramolecular Hbond substituents is 1. The van der Waals surface area contributed by atoms with Crippen LogP contribution < -0.4 is 10.5 Å². The van der Waals surface area contributed by atoms with Gasteiger partial charge in [0.2, 0.25) is 5.91 Å². The van der Waals surface area contributed by atoms with E-state index >= 15 is 0 Å². The van der Waals surface area contributed by atoms with Gasteiger partial charge in [-0.2, -0.15) is 0 Å². The monoisotopic (exact) mass is 209 g/mol. The lowest BCUT2D eigenvalue weighted by Gasteiger charge is -2.10. The highest BCUT2D eigenvalue weighted by molar-refractivity contribution is 5.76. The number of phenols is 1. The molecule has 0 bridgehead atoms. The zero-order chi connectivity index (χ0) is 11.4. The third kappa shape index (κ3) is 3.50. The summed E-state index contributed by atoms with van der Waals surface area (Å²) in [6.45, 7) is 3.76. The first-order chi connectivity index (χ1) is 6.99. The second kappa shape index (κ2) is 4.68. The van der Waals surface area contributed by atoms with E-state index in [1.54, 1.807) is 19.1 Å². The number of benzene rings is 1. The predicted octanol–water partition coefficient (Wildman–Crippen LogP) is 1.20. The topological polar surface area (TPSA) is 72.6 Å². The van der Waals surface area contributed by atoms with Gasteiger partial charge in [-0.25, -0.2) is 0 Å². The number of nitrogens with two attached hydrogens (primary N) is 1. The zero-order valence-corrected chi connectivity index (χ0v) is 8.86. The highest BCUT2D eigenvalue weighted by Crippen LogP contribution is 2.21. The van der Waals surface area contributed by atoms with Gasteiger partial charge in [0, 0.05) is 6.07 Å². The number of aromatic hydroxyl groups is 1. The fourth-order valence-electron chi connectivity index (χ4n) is 1.12. The van der Waals surface area contributed by atoms with E-state index in [2.05, 4.69) is 0 Å². The molecule has 0 spiro atoms. The molecule has 1 aromatic rings. The van der Waals surface area contributed by atoms with E-state index in [1.807, 2.05) is 6.92 Å². The van der Waals surface area contributed by atoms with Gasteiger partial charge in [0.1, 0.15) is 11.5 Å². The normalized spacial score (nSPS) is 12.1. The van der Waals surface area contributed by atoms with E-state index in [1.165, 1.54) is 6.07 Å². The molecule has 4 heteroatoms. The summed E-state index contributed by atoms with van der Waals surface area (Å²) < 4.78 is 5.33.